The van der Waals surface area contributed by atoms with Crippen molar-refractivity contribution in [1.82, 2.24) is 0 Å². The molecule has 2 aromatic rings. The zero-order valence-electron chi connectivity index (χ0n) is 15.2. The molecule has 0 saturated carbocycles. The first kappa shape index (κ1) is 20.0. The van der Waals surface area contributed by atoms with Crippen LogP contribution in [0.2, 0.25) is 0 Å². The van der Waals surface area contributed by atoms with Gasteiger partial charge in [-0.2, -0.15) is 0 Å². The van der Waals surface area contributed by atoms with Gasteiger partial charge in [-0.1, -0.05) is 6.07 Å². The van der Waals surface area contributed by atoms with Crippen molar-refractivity contribution >= 4 is 23.6 Å². The molecule has 0 fully saturated rings. The van der Waals surface area contributed by atoms with Crippen LogP contribution in [0.15, 0.2) is 48.5 Å². The smallest absolute Gasteiger partial charge is 0.331 e. The zero-order valence-corrected chi connectivity index (χ0v) is 15.2. The van der Waals surface area contributed by atoms with E-state index in [-0.39, 0.29) is 0 Å². The van der Waals surface area contributed by atoms with Crippen molar-refractivity contribution < 1.29 is 28.2 Å². The molecule has 0 aromatic heterocycles. The lowest BCUT2D eigenvalue weighted by atomic mass is 10.2. The van der Waals surface area contributed by atoms with E-state index in [0.717, 1.165) is 0 Å². The molecule has 0 heterocycles. The molecule has 0 spiro atoms. The van der Waals surface area contributed by atoms with E-state index in [9.17, 15) is 14.0 Å². The van der Waals surface area contributed by atoms with Gasteiger partial charge in [-0.3, -0.25) is 4.79 Å². The Morgan fingerprint density at radius 2 is 1.70 bits per heavy atom. The number of hydrogen-bond acceptors (Lipinski definition) is 5. The zero-order chi connectivity index (χ0) is 19.8. The Morgan fingerprint density at radius 3 is 2.33 bits per heavy atom. The first-order chi connectivity index (χ1) is 12.9. The number of methoxy groups -OCH3 is 2. The second kappa shape index (κ2) is 9.38. The van der Waals surface area contributed by atoms with Crippen LogP contribution in [0.1, 0.15) is 12.5 Å². The van der Waals surface area contributed by atoms with Gasteiger partial charge in [-0.15, -0.1) is 0 Å². The van der Waals surface area contributed by atoms with Gasteiger partial charge in [0.25, 0.3) is 5.91 Å². The largest absolute Gasteiger partial charge is 0.493 e. The molecule has 2 rings (SSSR count). The summed E-state index contributed by atoms with van der Waals surface area (Å²) in [5.41, 5.74) is 1.11. The summed E-state index contributed by atoms with van der Waals surface area (Å²) in [5, 5.41) is 2.54. The van der Waals surface area contributed by atoms with Crippen LogP contribution >= 0.6 is 0 Å². The van der Waals surface area contributed by atoms with Crippen molar-refractivity contribution in [2.75, 3.05) is 19.5 Å². The second-order valence-electron chi connectivity index (χ2n) is 5.52. The molecule has 0 unspecified atom stereocenters. The molecule has 0 aliphatic carbocycles. The van der Waals surface area contributed by atoms with Gasteiger partial charge in [0.05, 0.1) is 14.2 Å². The topological polar surface area (TPSA) is 73.9 Å². The molecule has 2 aromatic carbocycles. The highest BCUT2D eigenvalue weighted by molar-refractivity contribution is 5.96. The molecular weight excluding hydrogens is 353 g/mol. The van der Waals surface area contributed by atoms with E-state index in [2.05, 4.69) is 5.32 Å². The minimum Gasteiger partial charge on any atom is -0.493 e. The average Bonchev–Trinajstić information content (AvgIpc) is 2.67. The molecule has 27 heavy (non-hydrogen) atoms. The summed E-state index contributed by atoms with van der Waals surface area (Å²) in [4.78, 5) is 23.9. The van der Waals surface area contributed by atoms with Crippen LogP contribution in [-0.4, -0.2) is 32.2 Å². The van der Waals surface area contributed by atoms with Crippen molar-refractivity contribution in [1.29, 1.82) is 0 Å². The molecule has 0 saturated heterocycles. The lowest BCUT2D eigenvalue weighted by Crippen LogP contribution is -2.29. The van der Waals surface area contributed by atoms with Crippen LogP contribution in [0.25, 0.3) is 6.08 Å². The lowest BCUT2D eigenvalue weighted by molar-refractivity contribution is -0.148. The number of amides is 1. The fraction of sp³-hybridized carbons (Fsp3) is 0.200. The van der Waals surface area contributed by atoms with Gasteiger partial charge in [0.1, 0.15) is 5.82 Å². The van der Waals surface area contributed by atoms with Crippen LogP contribution in [0.3, 0.4) is 0 Å². The van der Waals surface area contributed by atoms with E-state index in [4.69, 9.17) is 14.2 Å². The first-order valence-electron chi connectivity index (χ1n) is 8.10. The molecule has 142 valence electrons. The molecule has 1 amide bonds. The van der Waals surface area contributed by atoms with Crippen LogP contribution < -0.4 is 14.8 Å². The summed E-state index contributed by atoms with van der Waals surface area (Å²) < 4.78 is 28.3. The summed E-state index contributed by atoms with van der Waals surface area (Å²) in [6.45, 7) is 1.45. The number of halogens is 1. The van der Waals surface area contributed by atoms with Gasteiger partial charge in [-0.25, -0.2) is 9.18 Å². The minimum absolute atomic E-state index is 0.408. The number of ether oxygens (including phenoxy) is 3. The summed E-state index contributed by atoms with van der Waals surface area (Å²) >= 11 is 0. The Labute approximate surface area is 156 Å². The third-order valence-corrected chi connectivity index (χ3v) is 3.59. The molecule has 0 aliphatic rings. The van der Waals surface area contributed by atoms with Crippen molar-refractivity contribution in [3.63, 3.8) is 0 Å². The Balaban J connectivity index is 1.93. The number of esters is 1. The Hall–Kier alpha value is -3.35. The van der Waals surface area contributed by atoms with Crippen molar-refractivity contribution in [3.8, 4) is 11.5 Å². The highest BCUT2D eigenvalue weighted by Gasteiger charge is 2.16. The molecular formula is C20H20FNO5. The molecule has 6 nitrogen and oxygen atoms in total. The third-order valence-electron chi connectivity index (χ3n) is 3.59. The molecule has 1 atom stereocenters. The van der Waals surface area contributed by atoms with Crippen LogP contribution in [-0.2, 0) is 14.3 Å². The molecule has 0 radical (unpaired) electrons. The van der Waals surface area contributed by atoms with Gasteiger partial charge in [-0.05, 0) is 55.0 Å². The third kappa shape index (κ3) is 5.85. The summed E-state index contributed by atoms with van der Waals surface area (Å²) in [6, 6.07) is 10.4. The monoisotopic (exact) mass is 373 g/mol. The lowest BCUT2D eigenvalue weighted by Gasteiger charge is -2.12. The normalized spacial score (nSPS) is 11.7. The van der Waals surface area contributed by atoms with E-state index < -0.39 is 23.8 Å². The molecule has 0 aliphatic heterocycles. The van der Waals surface area contributed by atoms with Crippen molar-refractivity contribution in [2.24, 2.45) is 0 Å². The van der Waals surface area contributed by atoms with Gasteiger partial charge in [0.2, 0.25) is 0 Å². The number of carbonyl (C=O) groups is 2. The summed E-state index contributed by atoms with van der Waals surface area (Å²) in [5.74, 6) is -0.503. The number of benzene rings is 2. The van der Waals surface area contributed by atoms with Gasteiger partial charge in [0, 0.05) is 11.8 Å². The highest BCUT2D eigenvalue weighted by Crippen LogP contribution is 2.27. The highest BCUT2D eigenvalue weighted by atomic mass is 19.1. The summed E-state index contributed by atoms with van der Waals surface area (Å²) in [7, 11) is 3.05. The first-order valence-corrected chi connectivity index (χ1v) is 8.10. The average molecular weight is 373 g/mol. The fourth-order valence-electron chi connectivity index (χ4n) is 2.16. The van der Waals surface area contributed by atoms with Gasteiger partial charge in [0.15, 0.2) is 17.6 Å². The Kier molecular flexibility index (Phi) is 6.93. The van der Waals surface area contributed by atoms with E-state index in [1.807, 2.05) is 0 Å². The number of nitrogens with one attached hydrogen (secondary N) is 1. The van der Waals surface area contributed by atoms with Crippen molar-refractivity contribution in [3.05, 3.63) is 59.9 Å². The maximum Gasteiger partial charge on any atom is 0.331 e. The number of rotatable bonds is 7. The Bertz CT molecular complexity index is 833. The predicted molar refractivity (Wildman–Crippen MR) is 99.2 cm³/mol. The quantitative estimate of drug-likeness (QED) is 0.595. The summed E-state index contributed by atoms with van der Waals surface area (Å²) in [6.07, 6.45) is 1.73. The van der Waals surface area contributed by atoms with Gasteiger partial charge >= 0.3 is 5.97 Å². The maximum atomic E-state index is 12.9. The number of anilines is 1. The molecule has 7 heteroatoms. The van der Waals surface area contributed by atoms with E-state index in [1.165, 1.54) is 57.6 Å². The van der Waals surface area contributed by atoms with Crippen LogP contribution in [0, 0.1) is 5.82 Å². The van der Waals surface area contributed by atoms with Gasteiger partial charge < -0.3 is 19.5 Å². The minimum atomic E-state index is -1.02. The maximum absolute atomic E-state index is 12.9. The predicted octanol–water partition coefficient (Wildman–Crippen LogP) is 3.43. The number of carbonyl (C=O) groups excluding carboxylic acids is 2. The SMILES string of the molecule is COc1ccc(/C=C/C(=O)O[C@@H](C)C(=O)Nc2ccc(F)cc2)cc1OC. The Morgan fingerprint density at radius 1 is 1.04 bits per heavy atom. The van der Waals surface area contributed by atoms with E-state index >= 15 is 0 Å². The van der Waals surface area contributed by atoms with Crippen LogP contribution in [0.5, 0.6) is 11.5 Å². The van der Waals surface area contributed by atoms with Crippen molar-refractivity contribution in [2.45, 2.75) is 13.0 Å². The standard InChI is InChI=1S/C20H20FNO5/c1-13(20(24)22-16-8-6-15(21)7-9-16)27-19(23)11-5-14-4-10-17(25-2)18(12-14)26-3/h4-13H,1-3H3,(H,22,24)/b11-5+/t13-/m0/s1. The fourth-order valence-corrected chi connectivity index (χ4v) is 2.16. The second-order valence-corrected chi connectivity index (χ2v) is 5.52. The van der Waals surface area contributed by atoms with E-state index in [1.54, 1.807) is 18.2 Å². The van der Waals surface area contributed by atoms with Crippen LogP contribution in [0.4, 0.5) is 10.1 Å². The van der Waals surface area contributed by atoms with E-state index in [0.29, 0.717) is 22.7 Å². The number of hydrogen-bond donors (Lipinski definition) is 1. The molecule has 0 bridgehead atoms. The molecule has 1 N–H and O–H groups in total.